The Labute approximate surface area is 117 Å². The van der Waals surface area contributed by atoms with E-state index in [-0.39, 0.29) is 30.4 Å². The number of cyclic esters (lactones) is 1. The lowest BCUT2D eigenvalue weighted by Crippen LogP contribution is -2.63. The van der Waals surface area contributed by atoms with Crippen molar-refractivity contribution in [2.45, 2.75) is 18.9 Å². The fourth-order valence-electron chi connectivity index (χ4n) is 3.03. The van der Waals surface area contributed by atoms with Crippen molar-refractivity contribution in [3.63, 3.8) is 0 Å². The molecule has 3 heterocycles. The quantitative estimate of drug-likeness (QED) is 0.683. The minimum Gasteiger partial charge on any atom is -0.439 e. The second kappa shape index (κ2) is 5.05. The maximum Gasteiger partial charge on any atom is 0.417 e. The van der Waals surface area contributed by atoms with Gasteiger partial charge >= 0.3 is 6.09 Å². The van der Waals surface area contributed by atoms with Crippen molar-refractivity contribution in [3.8, 4) is 0 Å². The fraction of sp³-hybridized carbons (Fsp3) is 0.769. The molecule has 110 valence electrons. The monoisotopic (exact) mass is 281 g/mol. The zero-order chi connectivity index (χ0) is 14.3. The van der Waals surface area contributed by atoms with Gasteiger partial charge in [-0.2, -0.15) is 0 Å². The van der Waals surface area contributed by atoms with Gasteiger partial charge in [0.2, 0.25) is 5.91 Å². The molecule has 20 heavy (non-hydrogen) atoms. The summed E-state index contributed by atoms with van der Waals surface area (Å²) < 4.78 is 4.69. The molecule has 7 nitrogen and oxygen atoms in total. The molecule has 3 saturated heterocycles. The van der Waals surface area contributed by atoms with Gasteiger partial charge in [0, 0.05) is 19.0 Å². The summed E-state index contributed by atoms with van der Waals surface area (Å²) in [5, 5.41) is 0. The molecule has 0 aromatic carbocycles. The van der Waals surface area contributed by atoms with E-state index in [4.69, 9.17) is 0 Å². The van der Waals surface area contributed by atoms with Crippen molar-refractivity contribution < 1.29 is 19.1 Å². The molecule has 0 aromatic heterocycles. The fourth-order valence-corrected chi connectivity index (χ4v) is 3.03. The highest BCUT2D eigenvalue weighted by molar-refractivity contribution is 5.98. The Kier molecular flexibility index (Phi) is 3.37. The highest BCUT2D eigenvalue weighted by Gasteiger charge is 2.45. The molecule has 3 amide bonds. The van der Waals surface area contributed by atoms with E-state index in [0.29, 0.717) is 13.1 Å². The number of carbonyl (C=O) groups is 3. The largest absolute Gasteiger partial charge is 0.439 e. The second-order valence-electron chi connectivity index (χ2n) is 5.79. The summed E-state index contributed by atoms with van der Waals surface area (Å²) >= 11 is 0. The average molecular weight is 281 g/mol. The molecular weight excluding hydrogens is 262 g/mol. The van der Waals surface area contributed by atoms with Gasteiger partial charge in [-0.15, -0.1) is 0 Å². The van der Waals surface area contributed by atoms with Crippen LogP contribution in [-0.4, -0.2) is 78.5 Å². The van der Waals surface area contributed by atoms with Crippen LogP contribution in [0.4, 0.5) is 4.79 Å². The summed E-state index contributed by atoms with van der Waals surface area (Å²) in [4.78, 5) is 40.3. The number of amides is 3. The number of hydrogen-bond donors (Lipinski definition) is 0. The summed E-state index contributed by atoms with van der Waals surface area (Å²) in [6, 6.07) is -0.201. The van der Waals surface area contributed by atoms with E-state index in [9.17, 15) is 14.4 Å². The number of carbonyl (C=O) groups excluding carboxylic acids is 3. The van der Waals surface area contributed by atoms with Gasteiger partial charge < -0.3 is 14.5 Å². The maximum absolute atomic E-state index is 12.3. The van der Waals surface area contributed by atoms with Gasteiger partial charge in [0.1, 0.15) is 0 Å². The zero-order valence-electron chi connectivity index (χ0n) is 11.6. The molecule has 3 rings (SSSR count). The van der Waals surface area contributed by atoms with E-state index >= 15 is 0 Å². The van der Waals surface area contributed by atoms with Crippen molar-refractivity contribution in [1.29, 1.82) is 0 Å². The first kappa shape index (κ1) is 13.4. The zero-order valence-corrected chi connectivity index (χ0v) is 11.6. The minimum absolute atomic E-state index is 0.0911. The lowest BCUT2D eigenvalue weighted by Gasteiger charge is -2.44. The molecule has 3 aliphatic heterocycles. The first-order valence-electron chi connectivity index (χ1n) is 7.02. The van der Waals surface area contributed by atoms with E-state index in [1.807, 2.05) is 0 Å². The lowest BCUT2D eigenvalue weighted by molar-refractivity contribution is -0.146. The van der Waals surface area contributed by atoms with E-state index in [2.05, 4.69) is 16.7 Å². The molecular formula is C13H19N3O4. The van der Waals surface area contributed by atoms with Crippen molar-refractivity contribution >= 4 is 17.9 Å². The Hall–Kier alpha value is -1.63. The molecule has 7 heteroatoms. The Balaban J connectivity index is 1.51. The molecule has 3 aliphatic rings. The molecule has 0 N–H and O–H groups in total. The number of imide groups is 1. The summed E-state index contributed by atoms with van der Waals surface area (Å²) in [6.07, 6.45) is 1.20. The van der Waals surface area contributed by atoms with Crippen LogP contribution in [0.2, 0.25) is 0 Å². The normalized spacial score (nSPS) is 25.9. The SMILES string of the molecule is CN1CCC(C(=O)N2CC(N3C(=O)COC3=O)C2)CC1. The molecule has 0 radical (unpaired) electrons. The van der Waals surface area contributed by atoms with Crippen molar-refractivity contribution in [1.82, 2.24) is 14.7 Å². The lowest BCUT2D eigenvalue weighted by atomic mass is 9.93. The smallest absolute Gasteiger partial charge is 0.417 e. The van der Waals surface area contributed by atoms with Gasteiger partial charge in [-0.25, -0.2) is 9.69 Å². The first-order chi connectivity index (χ1) is 9.56. The van der Waals surface area contributed by atoms with Crippen LogP contribution in [0.15, 0.2) is 0 Å². The third kappa shape index (κ3) is 2.26. The van der Waals surface area contributed by atoms with Crippen molar-refractivity contribution in [2.75, 3.05) is 39.8 Å². The Morgan fingerprint density at radius 2 is 1.85 bits per heavy atom. The number of piperidine rings is 1. The Morgan fingerprint density at radius 3 is 2.40 bits per heavy atom. The topological polar surface area (TPSA) is 70.2 Å². The second-order valence-corrected chi connectivity index (χ2v) is 5.79. The van der Waals surface area contributed by atoms with Crippen LogP contribution < -0.4 is 0 Å². The third-order valence-electron chi connectivity index (χ3n) is 4.39. The summed E-state index contributed by atoms with van der Waals surface area (Å²) in [6.45, 7) is 2.63. The standard InChI is InChI=1S/C13H19N3O4/c1-14-4-2-9(3-5-14)12(18)15-6-10(7-15)16-11(17)8-20-13(16)19/h9-10H,2-8H2,1H3. The van der Waals surface area contributed by atoms with Gasteiger partial charge in [-0.3, -0.25) is 9.59 Å². The number of hydrogen-bond acceptors (Lipinski definition) is 5. The van der Waals surface area contributed by atoms with Gasteiger partial charge in [0.25, 0.3) is 5.91 Å². The summed E-state index contributed by atoms with van der Waals surface area (Å²) in [7, 11) is 2.06. The van der Waals surface area contributed by atoms with Crippen LogP contribution in [0, 0.1) is 5.92 Å². The van der Waals surface area contributed by atoms with Gasteiger partial charge in [0.05, 0.1) is 6.04 Å². The van der Waals surface area contributed by atoms with Gasteiger partial charge in [-0.1, -0.05) is 0 Å². The highest BCUT2D eigenvalue weighted by Crippen LogP contribution is 2.25. The van der Waals surface area contributed by atoms with E-state index in [1.165, 1.54) is 0 Å². The Morgan fingerprint density at radius 1 is 1.20 bits per heavy atom. The van der Waals surface area contributed by atoms with Gasteiger partial charge in [0.15, 0.2) is 6.61 Å². The highest BCUT2D eigenvalue weighted by atomic mass is 16.6. The summed E-state index contributed by atoms with van der Waals surface area (Å²) in [5.74, 6) is -0.0471. The van der Waals surface area contributed by atoms with Crippen LogP contribution in [0.3, 0.4) is 0 Å². The molecule has 0 atom stereocenters. The average Bonchev–Trinajstić information content (AvgIpc) is 2.70. The van der Waals surface area contributed by atoms with Crippen LogP contribution in [-0.2, 0) is 14.3 Å². The molecule has 0 saturated carbocycles. The van der Waals surface area contributed by atoms with Crippen LogP contribution in [0.25, 0.3) is 0 Å². The molecule has 3 fully saturated rings. The van der Waals surface area contributed by atoms with E-state index in [1.54, 1.807) is 4.90 Å². The molecule has 0 aromatic rings. The predicted molar refractivity (Wildman–Crippen MR) is 68.8 cm³/mol. The van der Waals surface area contributed by atoms with E-state index < -0.39 is 6.09 Å². The number of likely N-dealkylation sites (tertiary alicyclic amines) is 2. The molecule has 0 aliphatic carbocycles. The van der Waals surface area contributed by atoms with Crippen LogP contribution in [0.1, 0.15) is 12.8 Å². The maximum atomic E-state index is 12.3. The van der Waals surface area contributed by atoms with Crippen molar-refractivity contribution in [2.24, 2.45) is 5.92 Å². The molecule has 0 spiro atoms. The predicted octanol–water partition coefficient (Wildman–Crippen LogP) is -0.482. The number of nitrogens with zero attached hydrogens (tertiary/aromatic N) is 3. The Bertz CT molecular complexity index is 423. The van der Waals surface area contributed by atoms with E-state index in [0.717, 1.165) is 30.8 Å². The van der Waals surface area contributed by atoms with Crippen LogP contribution in [0.5, 0.6) is 0 Å². The van der Waals surface area contributed by atoms with Crippen LogP contribution >= 0.6 is 0 Å². The third-order valence-corrected chi connectivity index (χ3v) is 4.39. The van der Waals surface area contributed by atoms with Crippen molar-refractivity contribution in [3.05, 3.63) is 0 Å². The number of rotatable bonds is 2. The molecule has 0 bridgehead atoms. The minimum atomic E-state index is -0.577. The molecule has 0 unspecified atom stereocenters. The van der Waals surface area contributed by atoms with Gasteiger partial charge in [-0.05, 0) is 33.0 Å². The first-order valence-corrected chi connectivity index (χ1v) is 7.02. The summed E-state index contributed by atoms with van der Waals surface area (Å²) in [5.41, 5.74) is 0. The number of ether oxygens (including phenoxy) is 1.